The summed E-state index contributed by atoms with van der Waals surface area (Å²) < 4.78 is 5.59. The Kier molecular flexibility index (Phi) is 21.8. The van der Waals surface area contributed by atoms with Gasteiger partial charge in [0.15, 0.2) is 0 Å². The van der Waals surface area contributed by atoms with Gasteiger partial charge in [-0.15, -0.1) is 0 Å². The van der Waals surface area contributed by atoms with Gasteiger partial charge in [-0.1, -0.05) is 135 Å². The number of aryl methyl sites for hydroxylation is 1. The van der Waals surface area contributed by atoms with E-state index in [9.17, 15) is 9.90 Å². The summed E-state index contributed by atoms with van der Waals surface area (Å²) >= 11 is 0. The van der Waals surface area contributed by atoms with E-state index in [2.05, 4.69) is 19.9 Å². The van der Waals surface area contributed by atoms with Crippen molar-refractivity contribution in [2.24, 2.45) is 0 Å². The topological polar surface area (TPSA) is 46.5 Å². The van der Waals surface area contributed by atoms with E-state index in [-0.39, 0.29) is 12.1 Å². The van der Waals surface area contributed by atoms with Crippen molar-refractivity contribution in [2.75, 3.05) is 0 Å². The van der Waals surface area contributed by atoms with Crippen LogP contribution in [0.1, 0.15) is 161 Å². The molecule has 1 rings (SSSR count). The van der Waals surface area contributed by atoms with Crippen LogP contribution in [0.15, 0.2) is 24.3 Å². The molecule has 0 amide bonds. The highest BCUT2D eigenvalue weighted by atomic mass is 16.5. The molecular formula is C33H58O3. The van der Waals surface area contributed by atoms with Crippen LogP contribution in [0, 0.1) is 0 Å². The van der Waals surface area contributed by atoms with E-state index >= 15 is 0 Å². The number of ether oxygens (including phenoxy) is 1. The predicted molar refractivity (Wildman–Crippen MR) is 155 cm³/mol. The molecule has 0 heterocycles. The fourth-order valence-electron chi connectivity index (χ4n) is 4.89. The number of aliphatic hydroxyl groups excluding tert-OH is 1. The molecular weight excluding hydrogens is 444 g/mol. The van der Waals surface area contributed by atoms with Crippen LogP contribution in [0.3, 0.4) is 0 Å². The van der Waals surface area contributed by atoms with Crippen molar-refractivity contribution in [3.05, 3.63) is 29.8 Å². The van der Waals surface area contributed by atoms with E-state index in [4.69, 9.17) is 4.74 Å². The summed E-state index contributed by atoms with van der Waals surface area (Å²) in [5.41, 5.74) is 1.27. The second kappa shape index (κ2) is 24.0. The minimum atomic E-state index is -0.111. The molecule has 1 N–H and O–H groups in total. The third-order valence-electron chi connectivity index (χ3n) is 7.26. The highest BCUT2D eigenvalue weighted by molar-refractivity contribution is 5.72. The van der Waals surface area contributed by atoms with Crippen LogP contribution in [0.25, 0.3) is 0 Å². The van der Waals surface area contributed by atoms with Crippen molar-refractivity contribution < 1.29 is 14.6 Å². The second-order valence-corrected chi connectivity index (χ2v) is 10.9. The van der Waals surface area contributed by atoms with Crippen LogP contribution in [0.2, 0.25) is 0 Å². The van der Waals surface area contributed by atoms with Crippen LogP contribution < -0.4 is 4.74 Å². The van der Waals surface area contributed by atoms with Crippen LogP contribution in [-0.2, 0) is 11.2 Å². The van der Waals surface area contributed by atoms with E-state index < -0.39 is 0 Å². The summed E-state index contributed by atoms with van der Waals surface area (Å²) in [5.74, 6) is 0.584. The molecule has 1 unspecified atom stereocenters. The molecule has 0 spiro atoms. The van der Waals surface area contributed by atoms with Gasteiger partial charge in [0, 0.05) is 6.42 Å². The number of esters is 1. The van der Waals surface area contributed by atoms with Crippen molar-refractivity contribution >= 4 is 5.97 Å². The Hall–Kier alpha value is -1.35. The summed E-state index contributed by atoms with van der Waals surface area (Å²) in [6, 6.07) is 8.08. The monoisotopic (exact) mass is 502 g/mol. The van der Waals surface area contributed by atoms with Gasteiger partial charge in [0.05, 0.1) is 6.10 Å². The molecule has 1 aromatic carbocycles. The Balaban J connectivity index is 1.99. The van der Waals surface area contributed by atoms with Crippen molar-refractivity contribution in [3.63, 3.8) is 0 Å². The van der Waals surface area contributed by atoms with Gasteiger partial charge < -0.3 is 9.84 Å². The average molecular weight is 503 g/mol. The molecule has 1 aromatic rings. The minimum Gasteiger partial charge on any atom is -0.427 e. The van der Waals surface area contributed by atoms with Crippen LogP contribution >= 0.6 is 0 Å². The normalized spacial score (nSPS) is 12.1. The van der Waals surface area contributed by atoms with E-state index in [1.165, 1.54) is 102 Å². The number of unbranched alkanes of at least 4 members (excludes halogenated alkanes) is 16. The fourth-order valence-corrected chi connectivity index (χ4v) is 4.89. The van der Waals surface area contributed by atoms with Crippen molar-refractivity contribution in [1.29, 1.82) is 0 Å². The first-order chi connectivity index (χ1) is 17.7. The summed E-state index contributed by atoms with van der Waals surface area (Å²) in [7, 11) is 0. The van der Waals surface area contributed by atoms with Gasteiger partial charge in [0.1, 0.15) is 5.75 Å². The lowest BCUT2D eigenvalue weighted by atomic mass is 10.0. The second-order valence-electron chi connectivity index (χ2n) is 10.9. The number of hydrogen-bond donors (Lipinski definition) is 1. The van der Waals surface area contributed by atoms with Crippen LogP contribution in [0.4, 0.5) is 0 Å². The predicted octanol–water partition coefficient (Wildman–Crippen LogP) is 10.1. The zero-order valence-corrected chi connectivity index (χ0v) is 23.9. The fraction of sp³-hybridized carbons (Fsp3) is 0.788. The summed E-state index contributed by atoms with van der Waals surface area (Å²) in [5, 5.41) is 10.1. The molecule has 0 aliphatic rings. The maximum Gasteiger partial charge on any atom is 0.311 e. The third kappa shape index (κ3) is 19.8. The Morgan fingerprint density at radius 2 is 1.19 bits per heavy atom. The molecule has 0 aliphatic heterocycles. The lowest BCUT2D eigenvalue weighted by Gasteiger charge is -2.10. The molecule has 0 saturated heterocycles. The van der Waals surface area contributed by atoms with Gasteiger partial charge in [-0.25, -0.2) is 0 Å². The lowest BCUT2D eigenvalue weighted by Crippen LogP contribution is -2.07. The number of aliphatic hydroxyl groups is 1. The SMILES string of the molecule is CCCCCCCCCc1cccc(OC(=O)CCCCCCCCC(O)CCCCCCCC)c1. The molecule has 0 aliphatic carbocycles. The zero-order valence-electron chi connectivity index (χ0n) is 23.9. The summed E-state index contributed by atoms with van der Waals surface area (Å²) in [4.78, 5) is 12.2. The number of rotatable bonds is 25. The first-order valence-corrected chi connectivity index (χ1v) is 15.6. The van der Waals surface area contributed by atoms with Gasteiger partial charge in [0.25, 0.3) is 0 Å². The van der Waals surface area contributed by atoms with Gasteiger partial charge >= 0.3 is 5.97 Å². The van der Waals surface area contributed by atoms with Gasteiger partial charge in [-0.05, 0) is 49.8 Å². The zero-order chi connectivity index (χ0) is 26.1. The van der Waals surface area contributed by atoms with Crippen molar-refractivity contribution in [3.8, 4) is 5.75 Å². The van der Waals surface area contributed by atoms with Crippen molar-refractivity contribution in [2.45, 2.75) is 168 Å². The van der Waals surface area contributed by atoms with Gasteiger partial charge in [-0.3, -0.25) is 4.79 Å². The molecule has 0 fully saturated rings. The Bertz CT molecular complexity index is 627. The largest absolute Gasteiger partial charge is 0.427 e. The van der Waals surface area contributed by atoms with Gasteiger partial charge in [-0.2, -0.15) is 0 Å². The molecule has 0 radical (unpaired) electrons. The number of hydrogen-bond acceptors (Lipinski definition) is 3. The lowest BCUT2D eigenvalue weighted by molar-refractivity contribution is -0.134. The first kappa shape index (κ1) is 32.7. The number of benzene rings is 1. The Morgan fingerprint density at radius 3 is 1.78 bits per heavy atom. The molecule has 208 valence electrons. The standard InChI is InChI=1S/C33H58O3/c1-3-5-7-9-11-14-18-23-30-24-22-27-32(29-30)36-33(35)28-21-17-13-12-16-20-26-31(34)25-19-15-10-8-6-4-2/h22,24,27,29,31,34H,3-21,23,25-26,28H2,1-2H3. The number of carbonyl (C=O) groups is 1. The summed E-state index contributed by atoms with van der Waals surface area (Å²) in [6.07, 6.45) is 26.9. The smallest absolute Gasteiger partial charge is 0.311 e. The van der Waals surface area contributed by atoms with E-state index in [0.717, 1.165) is 44.9 Å². The minimum absolute atomic E-state index is 0.110. The first-order valence-electron chi connectivity index (χ1n) is 15.6. The Morgan fingerprint density at radius 1 is 0.694 bits per heavy atom. The Labute approximate surface area is 223 Å². The maximum atomic E-state index is 12.2. The molecule has 3 nitrogen and oxygen atoms in total. The maximum absolute atomic E-state index is 12.2. The van der Waals surface area contributed by atoms with E-state index in [0.29, 0.717) is 12.2 Å². The molecule has 3 heteroatoms. The highest BCUT2D eigenvalue weighted by Crippen LogP contribution is 2.18. The number of carbonyl (C=O) groups excluding carboxylic acids is 1. The molecule has 1 atom stereocenters. The van der Waals surface area contributed by atoms with Crippen LogP contribution in [0.5, 0.6) is 5.75 Å². The molecule has 0 saturated carbocycles. The molecule has 0 bridgehead atoms. The molecule has 36 heavy (non-hydrogen) atoms. The van der Waals surface area contributed by atoms with Gasteiger partial charge in [0.2, 0.25) is 0 Å². The third-order valence-corrected chi connectivity index (χ3v) is 7.26. The average Bonchev–Trinajstić information content (AvgIpc) is 2.87. The van der Waals surface area contributed by atoms with Crippen molar-refractivity contribution in [1.82, 2.24) is 0 Å². The molecule has 0 aromatic heterocycles. The quantitative estimate of drug-likeness (QED) is 0.0821. The van der Waals surface area contributed by atoms with Crippen LogP contribution in [-0.4, -0.2) is 17.2 Å². The van der Waals surface area contributed by atoms with E-state index in [1.54, 1.807) is 0 Å². The highest BCUT2D eigenvalue weighted by Gasteiger charge is 2.07. The van der Waals surface area contributed by atoms with E-state index in [1.807, 2.05) is 18.2 Å². The summed E-state index contributed by atoms with van der Waals surface area (Å²) in [6.45, 7) is 4.50.